The standard InChI is InChI=1S/C23H18ClN5O3S/c24-18-11-9-16(10-12-18)14-28-21-8-4-2-6-19(21)26-23(28)33-15-22(30)27-25-13-17-5-1-3-7-20(17)29(31)32/h1-13H,14-15H2,(H,27,30). The van der Waals surface area contributed by atoms with E-state index in [0.29, 0.717) is 22.3 Å². The summed E-state index contributed by atoms with van der Waals surface area (Å²) in [7, 11) is 0. The zero-order chi connectivity index (χ0) is 23.2. The van der Waals surface area contributed by atoms with Crippen LogP contribution in [0, 0.1) is 10.1 Å². The monoisotopic (exact) mass is 479 g/mol. The number of rotatable bonds is 8. The predicted octanol–water partition coefficient (Wildman–Crippen LogP) is 4.89. The predicted molar refractivity (Wildman–Crippen MR) is 130 cm³/mol. The molecule has 1 N–H and O–H groups in total. The topological polar surface area (TPSA) is 102 Å². The van der Waals surface area contributed by atoms with E-state index in [1.807, 2.05) is 53.1 Å². The minimum atomic E-state index is -0.496. The lowest BCUT2D eigenvalue weighted by atomic mass is 10.2. The molecule has 0 aliphatic heterocycles. The van der Waals surface area contributed by atoms with E-state index >= 15 is 0 Å². The highest BCUT2D eigenvalue weighted by Crippen LogP contribution is 2.25. The van der Waals surface area contributed by atoms with Crippen LogP contribution in [-0.2, 0) is 11.3 Å². The van der Waals surface area contributed by atoms with Crippen molar-refractivity contribution in [2.75, 3.05) is 5.75 Å². The summed E-state index contributed by atoms with van der Waals surface area (Å²) in [6, 6.07) is 21.5. The molecule has 1 amide bonds. The van der Waals surface area contributed by atoms with Crippen molar-refractivity contribution in [3.8, 4) is 0 Å². The SMILES string of the molecule is O=C(CSc1nc2ccccc2n1Cc1ccc(Cl)cc1)NN=Cc1ccccc1[N+](=O)[O-]. The lowest BCUT2D eigenvalue weighted by molar-refractivity contribution is -0.385. The Morgan fingerprint density at radius 2 is 1.85 bits per heavy atom. The largest absolute Gasteiger partial charge is 0.314 e. The molecule has 4 rings (SSSR count). The molecule has 0 aliphatic rings. The molecule has 0 radical (unpaired) electrons. The molecule has 4 aromatic rings. The smallest absolute Gasteiger partial charge is 0.278 e. The van der Waals surface area contributed by atoms with E-state index in [2.05, 4.69) is 15.5 Å². The number of fused-ring (bicyclic) bond motifs is 1. The van der Waals surface area contributed by atoms with Gasteiger partial charge in [0.1, 0.15) is 0 Å². The van der Waals surface area contributed by atoms with Crippen LogP contribution in [0.5, 0.6) is 0 Å². The third-order valence-electron chi connectivity index (χ3n) is 4.73. The number of nitrogens with zero attached hydrogens (tertiary/aromatic N) is 4. The number of hydrogen-bond donors (Lipinski definition) is 1. The lowest BCUT2D eigenvalue weighted by Crippen LogP contribution is -2.20. The highest BCUT2D eigenvalue weighted by atomic mass is 35.5. The number of halogens is 1. The van der Waals surface area contributed by atoms with Crippen LogP contribution in [0.15, 0.2) is 83.1 Å². The summed E-state index contributed by atoms with van der Waals surface area (Å²) in [6.07, 6.45) is 1.26. The van der Waals surface area contributed by atoms with Crippen molar-refractivity contribution < 1.29 is 9.72 Å². The van der Waals surface area contributed by atoms with Crippen LogP contribution in [-0.4, -0.2) is 32.3 Å². The first kappa shape index (κ1) is 22.5. The van der Waals surface area contributed by atoms with Gasteiger partial charge < -0.3 is 4.57 Å². The molecule has 0 spiro atoms. The van der Waals surface area contributed by atoms with Crippen molar-refractivity contribution in [3.63, 3.8) is 0 Å². The number of benzene rings is 3. The Balaban J connectivity index is 1.45. The van der Waals surface area contributed by atoms with E-state index in [4.69, 9.17) is 11.6 Å². The second-order valence-electron chi connectivity index (χ2n) is 6.99. The lowest BCUT2D eigenvalue weighted by Gasteiger charge is -2.09. The normalized spacial score (nSPS) is 11.2. The fourth-order valence-electron chi connectivity index (χ4n) is 3.19. The second kappa shape index (κ2) is 10.3. The second-order valence-corrected chi connectivity index (χ2v) is 8.37. The van der Waals surface area contributed by atoms with Crippen molar-refractivity contribution in [1.82, 2.24) is 15.0 Å². The molecule has 0 aliphatic carbocycles. The maximum atomic E-state index is 12.3. The Morgan fingerprint density at radius 1 is 1.12 bits per heavy atom. The number of carbonyl (C=O) groups excluding carboxylic acids is 1. The summed E-state index contributed by atoms with van der Waals surface area (Å²) >= 11 is 7.29. The van der Waals surface area contributed by atoms with Gasteiger partial charge >= 0.3 is 0 Å². The van der Waals surface area contributed by atoms with E-state index in [1.165, 1.54) is 24.0 Å². The fourth-order valence-corrected chi connectivity index (χ4v) is 4.12. The summed E-state index contributed by atoms with van der Waals surface area (Å²) in [5.41, 5.74) is 5.49. The number of carbonyl (C=O) groups is 1. The van der Waals surface area contributed by atoms with Crippen molar-refractivity contribution in [2.24, 2.45) is 5.10 Å². The van der Waals surface area contributed by atoms with Crippen LogP contribution < -0.4 is 5.43 Å². The average Bonchev–Trinajstić information content (AvgIpc) is 3.16. The van der Waals surface area contributed by atoms with Gasteiger partial charge in [-0.05, 0) is 35.9 Å². The minimum Gasteiger partial charge on any atom is -0.314 e. The van der Waals surface area contributed by atoms with Gasteiger partial charge in [-0.15, -0.1) is 0 Å². The molecule has 1 aromatic heterocycles. The van der Waals surface area contributed by atoms with Gasteiger partial charge in [0.25, 0.3) is 11.6 Å². The molecule has 10 heteroatoms. The Morgan fingerprint density at radius 3 is 2.64 bits per heavy atom. The Bertz CT molecular complexity index is 1340. The molecule has 3 aromatic carbocycles. The molecular formula is C23H18ClN5O3S. The number of amides is 1. The third kappa shape index (κ3) is 5.57. The number of nitrogens with one attached hydrogen (secondary N) is 1. The molecule has 8 nitrogen and oxygen atoms in total. The van der Waals surface area contributed by atoms with E-state index < -0.39 is 4.92 Å². The first-order chi connectivity index (χ1) is 16.0. The van der Waals surface area contributed by atoms with Crippen LogP contribution in [0.25, 0.3) is 11.0 Å². The van der Waals surface area contributed by atoms with Crippen LogP contribution in [0.1, 0.15) is 11.1 Å². The van der Waals surface area contributed by atoms with Gasteiger partial charge in [-0.3, -0.25) is 14.9 Å². The van der Waals surface area contributed by atoms with Gasteiger partial charge in [-0.2, -0.15) is 5.10 Å². The number of nitro benzene ring substituents is 1. The van der Waals surface area contributed by atoms with Crippen LogP contribution in [0.3, 0.4) is 0 Å². The molecule has 0 saturated carbocycles. The molecule has 0 unspecified atom stereocenters. The van der Waals surface area contributed by atoms with Crippen molar-refractivity contribution in [2.45, 2.75) is 11.7 Å². The maximum Gasteiger partial charge on any atom is 0.278 e. The zero-order valence-corrected chi connectivity index (χ0v) is 18.8. The molecule has 33 heavy (non-hydrogen) atoms. The van der Waals surface area contributed by atoms with Gasteiger partial charge in [0.15, 0.2) is 5.16 Å². The van der Waals surface area contributed by atoms with E-state index in [1.54, 1.807) is 18.2 Å². The molecule has 166 valence electrons. The fraction of sp³-hybridized carbons (Fsp3) is 0.0870. The Hall–Kier alpha value is -3.69. The van der Waals surface area contributed by atoms with E-state index in [0.717, 1.165) is 16.6 Å². The number of aromatic nitrogens is 2. The molecule has 0 fully saturated rings. The van der Waals surface area contributed by atoms with E-state index in [-0.39, 0.29) is 17.3 Å². The van der Waals surface area contributed by atoms with Gasteiger partial charge in [0, 0.05) is 11.1 Å². The highest BCUT2D eigenvalue weighted by molar-refractivity contribution is 7.99. The first-order valence-corrected chi connectivity index (χ1v) is 11.3. The maximum absolute atomic E-state index is 12.3. The van der Waals surface area contributed by atoms with E-state index in [9.17, 15) is 14.9 Å². The number of hydrazone groups is 1. The molecule has 0 atom stereocenters. The molecule has 1 heterocycles. The zero-order valence-electron chi connectivity index (χ0n) is 17.2. The Kier molecular flexibility index (Phi) is 7.01. The van der Waals surface area contributed by atoms with Gasteiger partial charge in [0.2, 0.25) is 0 Å². The first-order valence-electron chi connectivity index (χ1n) is 9.89. The molecular weight excluding hydrogens is 462 g/mol. The number of para-hydroxylation sites is 3. The van der Waals surface area contributed by atoms with Crippen molar-refractivity contribution in [1.29, 1.82) is 0 Å². The quantitative estimate of drug-likeness (QED) is 0.168. The third-order valence-corrected chi connectivity index (χ3v) is 5.96. The summed E-state index contributed by atoms with van der Waals surface area (Å²) in [5.74, 6) is -0.266. The van der Waals surface area contributed by atoms with Gasteiger partial charge in [0.05, 0.1) is 40.0 Å². The number of nitro groups is 1. The summed E-state index contributed by atoms with van der Waals surface area (Å²) in [4.78, 5) is 27.6. The number of imidazole rings is 1. The van der Waals surface area contributed by atoms with Crippen LogP contribution in [0.2, 0.25) is 5.02 Å². The number of hydrogen-bond acceptors (Lipinski definition) is 6. The minimum absolute atomic E-state index is 0.0815. The molecule has 0 bridgehead atoms. The summed E-state index contributed by atoms with van der Waals surface area (Å²) in [5, 5.41) is 16.3. The number of thioether (sulfide) groups is 1. The van der Waals surface area contributed by atoms with Crippen LogP contribution >= 0.6 is 23.4 Å². The average molecular weight is 480 g/mol. The highest BCUT2D eigenvalue weighted by Gasteiger charge is 2.14. The van der Waals surface area contributed by atoms with Crippen molar-refractivity contribution in [3.05, 3.63) is 99.1 Å². The Labute approximate surface area is 198 Å². The van der Waals surface area contributed by atoms with Crippen molar-refractivity contribution >= 4 is 52.2 Å². The van der Waals surface area contributed by atoms with Gasteiger partial charge in [-0.1, -0.05) is 59.8 Å². The summed E-state index contributed by atoms with van der Waals surface area (Å²) in [6.45, 7) is 0.581. The van der Waals surface area contributed by atoms with Crippen LogP contribution in [0.4, 0.5) is 5.69 Å². The molecule has 0 saturated heterocycles. The van der Waals surface area contributed by atoms with Gasteiger partial charge in [-0.25, -0.2) is 10.4 Å². The summed E-state index contributed by atoms with van der Waals surface area (Å²) < 4.78 is 2.05.